The summed E-state index contributed by atoms with van der Waals surface area (Å²) < 4.78 is 72.1. The van der Waals surface area contributed by atoms with Crippen molar-refractivity contribution >= 4 is 10.2 Å². The van der Waals surface area contributed by atoms with Crippen LogP contribution >= 0.6 is 0 Å². The van der Waals surface area contributed by atoms with Gasteiger partial charge in [0.2, 0.25) is 0 Å². The molecule has 0 radical (unpaired) electrons. The molecule has 2 aliphatic heterocycles. The number of benzene rings is 1. The molecule has 2 saturated heterocycles. The van der Waals surface area contributed by atoms with Gasteiger partial charge in [0, 0.05) is 26.2 Å². The predicted octanol–water partition coefficient (Wildman–Crippen LogP) is 2.29. The lowest BCUT2D eigenvalue weighted by atomic mass is 10.0. The second kappa shape index (κ2) is 7.22. The average molecular weight is 378 g/mol. The lowest BCUT2D eigenvalue weighted by molar-refractivity contribution is -0.137. The van der Waals surface area contributed by atoms with Gasteiger partial charge in [-0.2, -0.15) is 30.2 Å². The van der Waals surface area contributed by atoms with Gasteiger partial charge in [-0.05, 0) is 30.9 Å². The van der Waals surface area contributed by atoms with Crippen LogP contribution in [-0.2, 0) is 27.5 Å². The summed E-state index contributed by atoms with van der Waals surface area (Å²) in [5, 5.41) is 0. The molecule has 0 spiro atoms. The van der Waals surface area contributed by atoms with Crippen LogP contribution < -0.4 is 0 Å². The average Bonchev–Trinajstić information content (AvgIpc) is 3.10. The number of rotatable bonds is 4. The maximum atomic E-state index is 12.8. The minimum atomic E-state index is -4.39. The highest BCUT2D eigenvalue weighted by Crippen LogP contribution is 2.30. The second-order valence-electron chi connectivity index (χ2n) is 6.37. The summed E-state index contributed by atoms with van der Waals surface area (Å²) >= 11 is 0. The van der Waals surface area contributed by atoms with Crippen LogP contribution in [0, 0.1) is 0 Å². The van der Waals surface area contributed by atoms with Crippen LogP contribution in [0.4, 0.5) is 13.2 Å². The van der Waals surface area contributed by atoms with Crippen LogP contribution in [0.2, 0.25) is 0 Å². The standard InChI is InChI=1S/C16H21F3N2O3S/c17-16(18,19)14-5-3-4-13(10-14)11-15-12-21(8-9-24-15)25(22,23)20-6-1-2-7-20/h3-5,10,15H,1-2,6-9,11-12H2/t15-/m0/s1. The van der Waals surface area contributed by atoms with E-state index in [0.29, 0.717) is 18.7 Å². The zero-order valence-corrected chi connectivity index (χ0v) is 14.5. The van der Waals surface area contributed by atoms with Crippen molar-refractivity contribution in [2.24, 2.45) is 0 Å². The van der Waals surface area contributed by atoms with Gasteiger partial charge in [-0.15, -0.1) is 0 Å². The number of ether oxygens (including phenoxy) is 1. The van der Waals surface area contributed by atoms with Crippen molar-refractivity contribution in [2.45, 2.75) is 31.5 Å². The highest BCUT2D eigenvalue weighted by molar-refractivity contribution is 7.86. The zero-order chi connectivity index (χ0) is 18.1. The summed E-state index contributed by atoms with van der Waals surface area (Å²) in [5.74, 6) is 0. The molecule has 0 aliphatic carbocycles. The summed E-state index contributed by atoms with van der Waals surface area (Å²) in [6, 6.07) is 5.08. The molecule has 0 N–H and O–H groups in total. The monoisotopic (exact) mass is 378 g/mol. The van der Waals surface area contributed by atoms with E-state index < -0.39 is 28.1 Å². The van der Waals surface area contributed by atoms with Crippen LogP contribution in [0.3, 0.4) is 0 Å². The molecule has 0 amide bonds. The van der Waals surface area contributed by atoms with Gasteiger partial charge < -0.3 is 4.74 Å². The minimum Gasteiger partial charge on any atom is -0.375 e. The third-order valence-electron chi connectivity index (χ3n) is 4.54. The number of alkyl halides is 3. The van der Waals surface area contributed by atoms with Crippen molar-refractivity contribution in [3.8, 4) is 0 Å². The van der Waals surface area contributed by atoms with E-state index in [1.807, 2.05) is 0 Å². The van der Waals surface area contributed by atoms with Crippen molar-refractivity contribution in [1.29, 1.82) is 0 Å². The Morgan fingerprint density at radius 2 is 1.84 bits per heavy atom. The van der Waals surface area contributed by atoms with Crippen LogP contribution in [0.15, 0.2) is 24.3 Å². The first-order valence-electron chi connectivity index (χ1n) is 8.30. The molecule has 1 atom stereocenters. The molecule has 140 valence electrons. The molecular formula is C16H21F3N2O3S. The van der Waals surface area contributed by atoms with E-state index in [4.69, 9.17) is 4.74 Å². The lowest BCUT2D eigenvalue weighted by Gasteiger charge is -2.34. The molecule has 3 rings (SSSR count). The zero-order valence-electron chi connectivity index (χ0n) is 13.7. The van der Waals surface area contributed by atoms with Gasteiger partial charge in [0.05, 0.1) is 18.3 Å². The normalized spacial score (nSPS) is 23.9. The molecule has 2 fully saturated rings. The molecule has 0 bridgehead atoms. The number of morpholine rings is 1. The number of hydrogen-bond donors (Lipinski definition) is 0. The van der Waals surface area contributed by atoms with Crippen molar-refractivity contribution in [1.82, 2.24) is 8.61 Å². The lowest BCUT2D eigenvalue weighted by Crippen LogP contribution is -2.51. The summed E-state index contributed by atoms with van der Waals surface area (Å²) in [4.78, 5) is 0. The Morgan fingerprint density at radius 3 is 2.52 bits per heavy atom. The topological polar surface area (TPSA) is 49.9 Å². The molecule has 0 saturated carbocycles. The fraction of sp³-hybridized carbons (Fsp3) is 0.625. The molecule has 1 aromatic carbocycles. The molecule has 0 aromatic heterocycles. The predicted molar refractivity (Wildman–Crippen MR) is 86.2 cm³/mol. The van der Waals surface area contributed by atoms with Gasteiger partial charge in [-0.25, -0.2) is 0 Å². The SMILES string of the molecule is O=S(=O)(N1CCCC1)N1CCO[C@@H](Cc2cccc(C(F)(F)F)c2)C1. The van der Waals surface area contributed by atoms with Crippen LogP contribution in [0.25, 0.3) is 0 Å². The Hall–Kier alpha value is -1.16. The van der Waals surface area contributed by atoms with Gasteiger partial charge in [0.1, 0.15) is 0 Å². The highest BCUT2D eigenvalue weighted by Gasteiger charge is 2.35. The first-order chi connectivity index (χ1) is 11.8. The molecule has 2 heterocycles. The third kappa shape index (κ3) is 4.33. The van der Waals surface area contributed by atoms with Crippen molar-refractivity contribution in [3.63, 3.8) is 0 Å². The van der Waals surface area contributed by atoms with E-state index in [9.17, 15) is 21.6 Å². The van der Waals surface area contributed by atoms with Crippen molar-refractivity contribution < 1.29 is 26.3 Å². The number of hydrogen-bond acceptors (Lipinski definition) is 3. The summed E-state index contributed by atoms with van der Waals surface area (Å²) in [5.41, 5.74) is -0.220. The molecule has 2 aliphatic rings. The smallest absolute Gasteiger partial charge is 0.375 e. The molecule has 25 heavy (non-hydrogen) atoms. The van der Waals surface area contributed by atoms with Gasteiger partial charge in [-0.1, -0.05) is 18.2 Å². The largest absolute Gasteiger partial charge is 0.416 e. The van der Waals surface area contributed by atoms with E-state index in [1.165, 1.54) is 14.7 Å². The van der Waals surface area contributed by atoms with Crippen molar-refractivity contribution in [2.75, 3.05) is 32.8 Å². The fourth-order valence-corrected chi connectivity index (χ4v) is 4.95. The minimum absolute atomic E-state index is 0.162. The Bertz CT molecular complexity index is 703. The molecule has 1 aromatic rings. The maximum Gasteiger partial charge on any atom is 0.416 e. The number of halogens is 3. The van der Waals surface area contributed by atoms with Gasteiger partial charge >= 0.3 is 6.18 Å². The van der Waals surface area contributed by atoms with Gasteiger partial charge in [-0.3, -0.25) is 0 Å². The Labute approximate surface area is 145 Å². The molecule has 5 nitrogen and oxygen atoms in total. The first-order valence-corrected chi connectivity index (χ1v) is 9.69. The Kier molecular flexibility index (Phi) is 5.38. The van der Waals surface area contributed by atoms with E-state index in [-0.39, 0.29) is 26.1 Å². The van der Waals surface area contributed by atoms with Crippen molar-refractivity contribution in [3.05, 3.63) is 35.4 Å². The van der Waals surface area contributed by atoms with E-state index in [1.54, 1.807) is 6.07 Å². The first kappa shape index (κ1) is 18.6. The fourth-order valence-electron chi connectivity index (χ4n) is 3.24. The molecule has 9 heteroatoms. The third-order valence-corrected chi connectivity index (χ3v) is 6.54. The molecule has 0 unspecified atom stereocenters. The summed E-state index contributed by atoms with van der Waals surface area (Å²) in [6.45, 7) is 1.74. The maximum absolute atomic E-state index is 12.8. The van der Waals surface area contributed by atoms with E-state index in [2.05, 4.69) is 0 Å². The highest BCUT2D eigenvalue weighted by atomic mass is 32.2. The van der Waals surface area contributed by atoms with Gasteiger partial charge in [0.25, 0.3) is 10.2 Å². The van der Waals surface area contributed by atoms with Gasteiger partial charge in [0.15, 0.2) is 0 Å². The Morgan fingerprint density at radius 1 is 1.12 bits per heavy atom. The molecular weight excluding hydrogens is 357 g/mol. The second-order valence-corrected chi connectivity index (χ2v) is 8.30. The van der Waals surface area contributed by atoms with Crippen LogP contribution in [0.1, 0.15) is 24.0 Å². The van der Waals surface area contributed by atoms with Crippen LogP contribution in [0.5, 0.6) is 0 Å². The van der Waals surface area contributed by atoms with Crippen LogP contribution in [-0.4, -0.2) is 55.9 Å². The quantitative estimate of drug-likeness (QED) is 0.808. The summed E-state index contributed by atoms with van der Waals surface area (Å²) in [7, 11) is -3.51. The Balaban J connectivity index is 1.68. The van der Waals surface area contributed by atoms with E-state index in [0.717, 1.165) is 25.0 Å². The van der Waals surface area contributed by atoms with E-state index >= 15 is 0 Å². The summed E-state index contributed by atoms with van der Waals surface area (Å²) in [6.07, 6.45) is -2.88. The number of nitrogens with zero attached hydrogens (tertiary/aromatic N) is 2.